The van der Waals surface area contributed by atoms with E-state index in [0.29, 0.717) is 13.1 Å². The second-order valence-corrected chi connectivity index (χ2v) is 7.50. The molecule has 3 rings (SSSR count). The Morgan fingerprint density at radius 3 is 2.43 bits per heavy atom. The summed E-state index contributed by atoms with van der Waals surface area (Å²) in [5, 5.41) is 0.718. The number of nitrogens with one attached hydrogen (secondary N) is 1. The highest BCUT2D eigenvalue weighted by molar-refractivity contribution is 6.30. The van der Waals surface area contributed by atoms with Crippen molar-refractivity contribution in [3.63, 3.8) is 0 Å². The number of benzene rings is 1. The van der Waals surface area contributed by atoms with Gasteiger partial charge in [0.05, 0.1) is 12.5 Å². The Morgan fingerprint density at radius 1 is 1.13 bits per heavy atom. The fraction of sp³-hybridized carbons (Fsp3) is 0.556. The number of halogens is 1. The average molecular weight is 336 g/mol. The Morgan fingerprint density at radius 2 is 1.78 bits per heavy atom. The van der Waals surface area contributed by atoms with Crippen LogP contribution in [0.25, 0.3) is 0 Å². The molecule has 1 saturated heterocycles. The van der Waals surface area contributed by atoms with Gasteiger partial charge in [-0.25, -0.2) is 4.90 Å². The van der Waals surface area contributed by atoms with Crippen LogP contribution in [0.5, 0.6) is 0 Å². The summed E-state index contributed by atoms with van der Waals surface area (Å²) in [6.45, 7) is 1.21. The van der Waals surface area contributed by atoms with E-state index in [0.717, 1.165) is 47.7 Å². The summed E-state index contributed by atoms with van der Waals surface area (Å²) in [4.78, 5) is 27.8. The van der Waals surface area contributed by atoms with Crippen LogP contribution in [0.15, 0.2) is 24.3 Å². The summed E-state index contributed by atoms with van der Waals surface area (Å²) in [5.41, 5.74) is 0.772. The van der Waals surface area contributed by atoms with Crippen molar-refractivity contribution < 1.29 is 14.5 Å². The largest absolute Gasteiger partial charge is 0.316 e. The standard InChI is InChI=1S/C18H23ClN2O2/c1-20(12-14-5-7-15(19)8-6-14)13-21-16(22)11-18(17(21)23)9-3-2-4-10-18/h5-8H,2-4,9-13H2,1H3/p+1. The molecule has 124 valence electrons. The molecule has 0 bridgehead atoms. The molecule has 1 saturated carbocycles. The minimum atomic E-state index is -0.379. The van der Waals surface area contributed by atoms with Gasteiger partial charge in [0, 0.05) is 17.0 Å². The predicted octanol–water partition coefficient (Wildman–Crippen LogP) is 2.02. The molecular formula is C18H24ClN2O2+. The Kier molecular flexibility index (Phi) is 4.74. The van der Waals surface area contributed by atoms with Gasteiger partial charge in [0.2, 0.25) is 11.8 Å². The Hall–Kier alpha value is -1.39. The van der Waals surface area contributed by atoms with Crippen LogP contribution in [0.1, 0.15) is 44.1 Å². The van der Waals surface area contributed by atoms with Gasteiger partial charge in [-0.1, -0.05) is 43.0 Å². The van der Waals surface area contributed by atoms with Crippen molar-refractivity contribution in [2.45, 2.75) is 45.1 Å². The quantitative estimate of drug-likeness (QED) is 0.855. The van der Waals surface area contributed by atoms with E-state index >= 15 is 0 Å². The lowest BCUT2D eigenvalue weighted by Crippen LogP contribution is -3.09. The number of nitrogens with zero attached hydrogens (tertiary/aromatic N) is 1. The van der Waals surface area contributed by atoms with E-state index < -0.39 is 0 Å². The first kappa shape index (κ1) is 16.5. The molecule has 1 aromatic carbocycles. The summed E-state index contributed by atoms with van der Waals surface area (Å²) < 4.78 is 0. The zero-order chi connectivity index (χ0) is 16.4. The van der Waals surface area contributed by atoms with Gasteiger partial charge in [0.25, 0.3) is 0 Å². The maximum atomic E-state index is 12.8. The smallest absolute Gasteiger partial charge is 0.240 e. The van der Waals surface area contributed by atoms with E-state index in [1.807, 2.05) is 31.3 Å². The molecule has 5 heteroatoms. The number of likely N-dealkylation sites (tertiary alicyclic amines) is 1. The number of hydrogen-bond acceptors (Lipinski definition) is 2. The monoisotopic (exact) mass is 335 g/mol. The van der Waals surface area contributed by atoms with Crippen LogP contribution >= 0.6 is 11.6 Å². The predicted molar refractivity (Wildman–Crippen MR) is 88.9 cm³/mol. The summed E-state index contributed by atoms with van der Waals surface area (Å²) in [6, 6.07) is 7.71. The summed E-state index contributed by atoms with van der Waals surface area (Å²) >= 11 is 5.90. The Bertz CT molecular complexity index is 594. The Labute approximate surface area is 142 Å². The van der Waals surface area contributed by atoms with Crippen molar-refractivity contribution in [1.82, 2.24) is 4.90 Å². The number of carbonyl (C=O) groups excluding carboxylic acids is 2. The molecule has 1 aromatic rings. The molecule has 4 nitrogen and oxygen atoms in total. The van der Waals surface area contributed by atoms with E-state index in [9.17, 15) is 9.59 Å². The van der Waals surface area contributed by atoms with Crippen LogP contribution in [0.4, 0.5) is 0 Å². The molecule has 1 N–H and O–H groups in total. The molecule has 1 atom stereocenters. The second kappa shape index (κ2) is 6.62. The molecule has 2 aliphatic rings. The van der Waals surface area contributed by atoms with Gasteiger partial charge in [-0.2, -0.15) is 0 Å². The molecule has 1 spiro atoms. The highest BCUT2D eigenvalue weighted by Gasteiger charge is 2.52. The van der Waals surface area contributed by atoms with E-state index in [1.54, 1.807) is 0 Å². The van der Waals surface area contributed by atoms with Gasteiger partial charge in [-0.05, 0) is 25.0 Å². The maximum Gasteiger partial charge on any atom is 0.240 e. The first-order valence-corrected chi connectivity index (χ1v) is 8.78. The van der Waals surface area contributed by atoms with Crippen molar-refractivity contribution in [2.75, 3.05) is 13.7 Å². The maximum absolute atomic E-state index is 12.8. The lowest BCUT2D eigenvalue weighted by Gasteiger charge is -2.30. The SMILES string of the molecule is C[NH+](Cc1ccc(Cl)cc1)CN1C(=O)CC2(CCCCC2)C1=O. The van der Waals surface area contributed by atoms with Crippen LogP contribution in [0.3, 0.4) is 0 Å². The lowest BCUT2D eigenvalue weighted by molar-refractivity contribution is -0.901. The molecule has 0 radical (unpaired) electrons. The first-order chi connectivity index (χ1) is 11.0. The van der Waals surface area contributed by atoms with Crippen molar-refractivity contribution in [3.05, 3.63) is 34.9 Å². The Balaban J connectivity index is 1.63. The summed E-state index contributed by atoms with van der Waals surface area (Å²) in [7, 11) is 2.01. The molecule has 1 aliphatic carbocycles. The topological polar surface area (TPSA) is 41.8 Å². The third-order valence-corrected chi connectivity index (χ3v) is 5.40. The summed E-state index contributed by atoms with van der Waals surface area (Å²) in [6.07, 6.45) is 5.50. The third kappa shape index (κ3) is 3.43. The molecule has 1 aliphatic heterocycles. The van der Waals surface area contributed by atoms with Crippen molar-refractivity contribution in [1.29, 1.82) is 0 Å². The van der Waals surface area contributed by atoms with Gasteiger partial charge in [-0.15, -0.1) is 0 Å². The minimum Gasteiger partial charge on any atom is -0.316 e. The third-order valence-electron chi connectivity index (χ3n) is 5.15. The van der Waals surface area contributed by atoms with E-state index in [1.165, 1.54) is 11.3 Å². The zero-order valence-corrected chi connectivity index (χ0v) is 14.4. The van der Waals surface area contributed by atoms with Crippen LogP contribution in [0.2, 0.25) is 5.02 Å². The van der Waals surface area contributed by atoms with Gasteiger partial charge in [0.15, 0.2) is 6.67 Å². The normalized spacial score (nSPS) is 21.9. The van der Waals surface area contributed by atoms with Crippen molar-refractivity contribution >= 4 is 23.4 Å². The molecular weight excluding hydrogens is 312 g/mol. The number of carbonyl (C=O) groups is 2. The van der Waals surface area contributed by atoms with E-state index in [-0.39, 0.29) is 17.2 Å². The van der Waals surface area contributed by atoms with Gasteiger partial charge >= 0.3 is 0 Å². The number of quaternary nitrogens is 1. The highest BCUT2D eigenvalue weighted by Crippen LogP contribution is 2.44. The first-order valence-electron chi connectivity index (χ1n) is 8.41. The van der Waals surface area contributed by atoms with Crippen LogP contribution in [-0.2, 0) is 16.1 Å². The lowest BCUT2D eigenvalue weighted by atomic mass is 9.73. The number of rotatable bonds is 4. The van der Waals surface area contributed by atoms with Gasteiger partial charge < -0.3 is 4.90 Å². The van der Waals surface area contributed by atoms with Crippen LogP contribution in [-0.4, -0.2) is 30.4 Å². The van der Waals surface area contributed by atoms with E-state index in [4.69, 9.17) is 11.6 Å². The molecule has 2 fully saturated rings. The van der Waals surface area contributed by atoms with Crippen molar-refractivity contribution in [3.8, 4) is 0 Å². The summed E-state index contributed by atoms with van der Waals surface area (Å²) in [5.74, 6) is 0.0741. The molecule has 2 amide bonds. The highest BCUT2D eigenvalue weighted by atomic mass is 35.5. The number of hydrogen-bond donors (Lipinski definition) is 1. The molecule has 0 aromatic heterocycles. The average Bonchev–Trinajstić information content (AvgIpc) is 2.75. The fourth-order valence-corrected chi connectivity index (χ4v) is 4.04. The molecule has 1 heterocycles. The van der Waals surface area contributed by atoms with E-state index in [2.05, 4.69) is 0 Å². The van der Waals surface area contributed by atoms with Crippen molar-refractivity contribution in [2.24, 2.45) is 5.41 Å². The minimum absolute atomic E-state index is 0.00681. The van der Waals surface area contributed by atoms with Gasteiger partial charge in [-0.3, -0.25) is 9.59 Å². The fourth-order valence-electron chi connectivity index (χ4n) is 3.92. The number of imide groups is 1. The molecule has 1 unspecified atom stereocenters. The van der Waals surface area contributed by atoms with Crippen LogP contribution in [0, 0.1) is 5.41 Å². The second-order valence-electron chi connectivity index (χ2n) is 7.06. The molecule has 23 heavy (non-hydrogen) atoms. The van der Waals surface area contributed by atoms with Crippen LogP contribution < -0.4 is 4.90 Å². The zero-order valence-electron chi connectivity index (χ0n) is 13.6. The number of amides is 2. The van der Waals surface area contributed by atoms with Gasteiger partial charge in [0.1, 0.15) is 6.54 Å².